The first kappa shape index (κ1) is 50.3. The van der Waals surface area contributed by atoms with Crippen LogP contribution in [0.2, 0.25) is 0 Å². The highest BCUT2D eigenvalue weighted by Crippen LogP contribution is 2.47. The third kappa shape index (κ3) is 8.33. The van der Waals surface area contributed by atoms with Gasteiger partial charge < -0.3 is 9.80 Å². The Morgan fingerprint density at radius 1 is 0.250 bits per heavy atom. The quantitative estimate of drug-likeness (QED) is 0.135. The monoisotopic (exact) mass is 1150 g/mol. The van der Waals surface area contributed by atoms with E-state index in [0.29, 0.717) is 0 Å². The van der Waals surface area contributed by atoms with Crippen LogP contribution in [0.3, 0.4) is 0 Å². The zero-order valence-corrected chi connectivity index (χ0v) is 49.1. The first-order chi connectivity index (χ1) is 43.6. The first-order valence-electron chi connectivity index (χ1n) is 29.8. The normalized spacial score (nSPS) is 11.9. The second kappa shape index (κ2) is 20.3. The van der Waals surface area contributed by atoms with E-state index in [-0.39, 0.29) is 0 Å². The van der Waals surface area contributed by atoms with Gasteiger partial charge in [0, 0.05) is 78.3 Å². The zero-order valence-electron chi connectivity index (χ0n) is 47.5. The Morgan fingerprint density at radius 2 is 0.716 bits per heavy atom. The van der Waals surface area contributed by atoms with E-state index in [1.807, 2.05) is 24.7 Å². The molecule has 0 aliphatic carbocycles. The number of benzene rings is 14. The maximum absolute atomic E-state index is 4.79. The standard InChI is InChI=1S/C82H50N4S2/c1-2-9-51(10-3-1)53-20-27-61(28-21-53)86(65-34-41-75-79(49-65)87-77-15-8-43-84-82(75)77)63-32-39-69-59(46-63)47-76(74-37-25-56-12-5-7-14-68(56)81(69)74)57-18-16-52(17-19-57)54-22-29-60(30-23-54)85(64-33-40-72-73-42-44-83-50-80(73)88-78(72)48-64)62-31-38-67-58(45-62)26-36-70-66-13-6-4-11-55(66)24-35-71(67)70/h1-50H. The van der Waals surface area contributed by atoms with E-state index < -0.39 is 0 Å². The molecule has 410 valence electrons. The first-order valence-corrected chi connectivity index (χ1v) is 31.4. The van der Waals surface area contributed by atoms with Gasteiger partial charge in [-0.2, -0.15) is 0 Å². The minimum absolute atomic E-state index is 1.05. The van der Waals surface area contributed by atoms with Crippen LogP contribution in [-0.2, 0) is 0 Å². The Labute approximate surface area is 515 Å². The van der Waals surface area contributed by atoms with Gasteiger partial charge in [-0.3, -0.25) is 9.97 Å². The molecule has 0 aliphatic rings. The fraction of sp³-hybridized carbons (Fsp3) is 0. The molecule has 0 fully saturated rings. The van der Waals surface area contributed by atoms with Crippen LogP contribution in [0.1, 0.15) is 0 Å². The molecule has 0 aliphatic heterocycles. The van der Waals surface area contributed by atoms with Crippen LogP contribution in [0, 0.1) is 0 Å². The lowest BCUT2D eigenvalue weighted by atomic mass is 9.89. The van der Waals surface area contributed by atoms with Crippen molar-refractivity contribution < 1.29 is 0 Å². The molecule has 88 heavy (non-hydrogen) atoms. The van der Waals surface area contributed by atoms with Gasteiger partial charge in [-0.05, 0) is 201 Å². The number of fused-ring (bicyclic) bond motifs is 16. The molecule has 6 heteroatoms. The summed E-state index contributed by atoms with van der Waals surface area (Å²) in [6, 6.07) is 106. The molecule has 0 atom stereocenters. The number of anilines is 6. The van der Waals surface area contributed by atoms with E-state index in [1.165, 1.54) is 122 Å². The van der Waals surface area contributed by atoms with E-state index in [4.69, 9.17) is 4.98 Å². The Balaban J connectivity index is 0.733. The molecule has 4 nitrogen and oxygen atoms in total. The zero-order chi connectivity index (χ0) is 57.8. The van der Waals surface area contributed by atoms with Crippen LogP contribution in [0.25, 0.3) is 138 Å². The molecule has 14 aromatic carbocycles. The lowest BCUT2D eigenvalue weighted by Crippen LogP contribution is -2.09. The highest BCUT2D eigenvalue weighted by molar-refractivity contribution is 7.26. The number of pyridine rings is 2. The Kier molecular flexibility index (Phi) is 11.6. The Bertz CT molecular complexity index is 5810. The molecular weight excluding hydrogens is 1110 g/mol. The molecule has 0 unspecified atom stereocenters. The molecule has 0 amide bonds. The van der Waals surface area contributed by atoms with Crippen molar-refractivity contribution in [2.24, 2.45) is 0 Å². The van der Waals surface area contributed by atoms with Crippen molar-refractivity contribution in [3.05, 3.63) is 304 Å². The van der Waals surface area contributed by atoms with Gasteiger partial charge in [0.15, 0.2) is 0 Å². The van der Waals surface area contributed by atoms with Gasteiger partial charge in [-0.25, -0.2) is 0 Å². The summed E-state index contributed by atoms with van der Waals surface area (Å²) in [7, 11) is 0. The van der Waals surface area contributed by atoms with E-state index >= 15 is 0 Å². The summed E-state index contributed by atoms with van der Waals surface area (Å²) in [4.78, 5) is 14.1. The molecule has 0 spiro atoms. The smallest absolute Gasteiger partial charge is 0.0888 e. The minimum atomic E-state index is 1.05. The third-order valence-corrected chi connectivity index (χ3v) is 20.1. The van der Waals surface area contributed by atoms with E-state index in [9.17, 15) is 0 Å². The molecule has 0 saturated carbocycles. The lowest BCUT2D eigenvalue weighted by Gasteiger charge is -2.26. The minimum Gasteiger partial charge on any atom is -0.310 e. The van der Waals surface area contributed by atoms with E-state index in [2.05, 4.69) is 294 Å². The number of aromatic nitrogens is 2. The Hall–Kier alpha value is -11.0. The molecular formula is C82H50N4S2. The van der Waals surface area contributed by atoms with Gasteiger partial charge in [0.05, 0.1) is 14.9 Å². The summed E-state index contributed by atoms with van der Waals surface area (Å²) in [5.41, 5.74) is 14.7. The second-order valence-electron chi connectivity index (χ2n) is 22.9. The van der Waals surface area contributed by atoms with Crippen molar-refractivity contribution in [3.63, 3.8) is 0 Å². The van der Waals surface area contributed by atoms with Gasteiger partial charge in [0.2, 0.25) is 0 Å². The fourth-order valence-corrected chi connectivity index (χ4v) is 15.9. The molecule has 18 aromatic rings. The van der Waals surface area contributed by atoms with Crippen molar-refractivity contribution >= 4 is 162 Å². The molecule has 18 rings (SSSR count). The third-order valence-electron chi connectivity index (χ3n) is 17.9. The van der Waals surface area contributed by atoms with Crippen molar-refractivity contribution in [1.29, 1.82) is 0 Å². The van der Waals surface area contributed by atoms with Gasteiger partial charge in [0.1, 0.15) is 0 Å². The van der Waals surface area contributed by atoms with Crippen LogP contribution in [0.4, 0.5) is 34.1 Å². The maximum Gasteiger partial charge on any atom is 0.0888 e. The van der Waals surface area contributed by atoms with E-state index in [1.54, 1.807) is 22.7 Å². The molecule has 0 saturated heterocycles. The summed E-state index contributed by atoms with van der Waals surface area (Å²) in [5.74, 6) is 0. The summed E-state index contributed by atoms with van der Waals surface area (Å²) in [5, 5.41) is 18.6. The number of hydrogen-bond acceptors (Lipinski definition) is 6. The van der Waals surface area contributed by atoms with Crippen LogP contribution >= 0.6 is 22.7 Å². The summed E-state index contributed by atoms with van der Waals surface area (Å²) in [6.45, 7) is 0. The van der Waals surface area contributed by atoms with E-state index in [0.717, 1.165) is 50.8 Å². The molecule has 0 bridgehead atoms. The average molecular weight is 1160 g/mol. The highest BCUT2D eigenvalue weighted by atomic mass is 32.1. The lowest BCUT2D eigenvalue weighted by molar-refractivity contribution is 1.30. The van der Waals surface area contributed by atoms with Gasteiger partial charge in [-0.1, -0.05) is 182 Å². The SMILES string of the molecule is c1ccc(-c2ccc(N(c3ccc4c(c3)cc(-c3ccc(-c5ccc(N(c6ccc7c(ccc8c9ccccc9ccc78)c6)c6ccc7c(c6)sc6cnccc67)cc5)cc3)c3ccc5ccccc5c34)c3ccc4c(c3)sc3cccnc34)cc2)cc1. The largest absolute Gasteiger partial charge is 0.310 e. The maximum atomic E-state index is 4.79. The van der Waals surface area contributed by atoms with Crippen LogP contribution in [-0.4, -0.2) is 9.97 Å². The summed E-state index contributed by atoms with van der Waals surface area (Å²) in [6.07, 6.45) is 5.76. The molecule has 0 N–H and O–H groups in total. The van der Waals surface area contributed by atoms with Gasteiger partial charge in [-0.15, -0.1) is 22.7 Å². The summed E-state index contributed by atoms with van der Waals surface area (Å²) < 4.78 is 4.83. The van der Waals surface area contributed by atoms with Gasteiger partial charge in [0.25, 0.3) is 0 Å². The highest BCUT2D eigenvalue weighted by Gasteiger charge is 2.21. The average Bonchev–Trinajstić information content (AvgIpc) is 1.65. The predicted octanol–water partition coefficient (Wildman–Crippen LogP) is 24.1. The summed E-state index contributed by atoms with van der Waals surface area (Å²) >= 11 is 3.59. The number of rotatable bonds is 9. The number of hydrogen-bond donors (Lipinski definition) is 0. The molecule has 4 heterocycles. The Morgan fingerprint density at radius 3 is 1.42 bits per heavy atom. The van der Waals surface area contributed by atoms with Crippen molar-refractivity contribution in [1.82, 2.24) is 9.97 Å². The van der Waals surface area contributed by atoms with Gasteiger partial charge >= 0.3 is 0 Å². The van der Waals surface area contributed by atoms with Crippen LogP contribution < -0.4 is 9.80 Å². The van der Waals surface area contributed by atoms with Crippen molar-refractivity contribution in [2.75, 3.05) is 9.80 Å². The topological polar surface area (TPSA) is 32.3 Å². The molecule has 4 aromatic heterocycles. The van der Waals surface area contributed by atoms with Crippen LogP contribution in [0.15, 0.2) is 304 Å². The van der Waals surface area contributed by atoms with Crippen LogP contribution in [0.5, 0.6) is 0 Å². The molecule has 0 radical (unpaired) electrons. The van der Waals surface area contributed by atoms with Crippen molar-refractivity contribution in [3.8, 4) is 33.4 Å². The number of nitrogens with zero attached hydrogens (tertiary/aromatic N) is 4. The fourth-order valence-electron chi connectivity index (χ4n) is 13.7. The second-order valence-corrected chi connectivity index (χ2v) is 25.1. The van der Waals surface area contributed by atoms with Crippen molar-refractivity contribution in [2.45, 2.75) is 0 Å². The predicted molar refractivity (Wildman–Crippen MR) is 379 cm³/mol. The number of thiophene rings is 2.